The maximum absolute atomic E-state index is 4.02. The average molecular weight is 208 g/mol. The summed E-state index contributed by atoms with van der Waals surface area (Å²) < 4.78 is 0. The molecule has 2 heterocycles. The molecule has 4 nitrogen and oxygen atoms in total. The van der Waals surface area contributed by atoms with Crippen LogP contribution in [0.3, 0.4) is 0 Å². The minimum absolute atomic E-state index is 0.637. The molecule has 1 aliphatic heterocycles. The van der Waals surface area contributed by atoms with E-state index in [-0.39, 0.29) is 0 Å². The van der Waals surface area contributed by atoms with Crippen LogP contribution in [0.2, 0.25) is 0 Å². The Morgan fingerprint density at radius 1 is 1.67 bits per heavy atom. The Labute approximate surface area is 91.1 Å². The van der Waals surface area contributed by atoms with Gasteiger partial charge < -0.3 is 10.2 Å². The van der Waals surface area contributed by atoms with Crippen LogP contribution in [0.4, 0.5) is 0 Å². The molecule has 84 valence electrons. The maximum Gasteiger partial charge on any atom is 0.0535 e. The van der Waals surface area contributed by atoms with Crippen molar-refractivity contribution in [1.82, 2.24) is 20.4 Å². The normalized spacial score (nSPS) is 23.2. The number of rotatable bonds is 3. The van der Waals surface area contributed by atoms with Gasteiger partial charge in [-0.2, -0.15) is 5.10 Å². The number of likely N-dealkylation sites (tertiary alicyclic amines) is 1. The van der Waals surface area contributed by atoms with Gasteiger partial charge in [-0.1, -0.05) is 0 Å². The lowest BCUT2D eigenvalue weighted by Crippen LogP contribution is -2.43. The third-order valence-corrected chi connectivity index (χ3v) is 3.14. The fourth-order valence-electron chi connectivity index (χ4n) is 2.14. The Morgan fingerprint density at radius 3 is 3.20 bits per heavy atom. The highest BCUT2D eigenvalue weighted by atomic mass is 15.1. The van der Waals surface area contributed by atoms with Crippen LogP contribution < -0.4 is 5.32 Å². The number of aromatic nitrogens is 2. The summed E-state index contributed by atoms with van der Waals surface area (Å²) >= 11 is 0. The Morgan fingerprint density at radius 2 is 2.53 bits per heavy atom. The molecule has 0 aromatic carbocycles. The summed E-state index contributed by atoms with van der Waals surface area (Å²) in [5, 5.41) is 10.6. The second-order valence-electron chi connectivity index (χ2n) is 4.50. The lowest BCUT2D eigenvalue weighted by Gasteiger charge is -2.30. The number of likely N-dealkylation sites (N-methyl/N-ethyl adjacent to an activating group) is 1. The Kier molecular flexibility index (Phi) is 3.38. The Bertz CT molecular complexity index is 307. The largest absolute Gasteiger partial charge is 0.309 e. The molecule has 0 bridgehead atoms. The summed E-state index contributed by atoms with van der Waals surface area (Å²) in [5.74, 6) is 0. The van der Waals surface area contributed by atoms with Gasteiger partial charge in [0.05, 0.1) is 6.20 Å². The minimum atomic E-state index is 0.637. The molecule has 2 N–H and O–H groups in total. The topological polar surface area (TPSA) is 44.0 Å². The summed E-state index contributed by atoms with van der Waals surface area (Å²) in [5.41, 5.74) is 2.45. The smallest absolute Gasteiger partial charge is 0.0535 e. The van der Waals surface area contributed by atoms with E-state index in [0.29, 0.717) is 6.04 Å². The maximum atomic E-state index is 4.02. The highest BCUT2D eigenvalue weighted by Crippen LogP contribution is 2.09. The summed E-state index contributed by atoms with van der Waals surface area (Å²) in [6, 6.07) is 0.637. The number of piperidine rings is 1. The zero-order valence-corrected chi connectivity index (χ0v) is 9.58. The van der Waals surface area contributed by atoms with E-state index in [0.717, 1.165) is 13.1 Å². The van der Waals surface area contributed by atoms with Crippen LogP contribution in [0, 0.1) is 6.92 Å². The molecule has 15 heavy (non-hydrogen) atoms. The average Bonchev–Trinajstić information content (AvgIpc) is 2.61. The molecular weight excluding hydrogens is 188 g/mol. The van der Waals surface area contributed by atoms with E-state index in [1.807, 2.05) is 6.20 Å². The predicted octanol–water partition coefficient (Wildman–Crippen LogP) is 0.902. The number of aryl methyl sites for hydroxylation is 1. The fourth-order valence-corrected chi connectivity index (χ4v) is 2.14. The molecule has 1 aliphatic rings. The van der Waals surface area contributed by atoms with Crippen LogP contribution >= 0.6 is 0 Å². The predicted molar refractivity (Wildman–Crippen MR) is 60.7 cm³/mol. The minimum Gasteiger partial charge on any atom is -0.309 e. The van der Waals surface area contributed by atoms with Crippen molar-refractivity contribution >= 4 is 0 Å². The van der Waals surface area contributed by atoms with Gasteiger partial charge in [0.25, 0.3) is 0 Å². The molecule has 0 amide bonds. The summed E-state index contributed by atoms with van der Waals surface area (Å²) in [6.07, 6.45) is 4.51. The van der Waals surface area contributed by atoms with E-state index in [2.05, 4.69) is 34.4 Å². The quantitative estimate of drug-likeness (QED) is 0.775. The van der Waals surface area contributed by atoms with E-state index < -0.39 is 0 Å². The fraction of sp³-hybridized carbons (Fsp3) is 0.727. The molecule has 0 radical (unpaired) electrons. The van der Waals surface area contributed by atoms with Crippen molar-refractivity contribution in [1.29, 1.82) is 0 Å². The molecule has 0 aliphatic carbocycles. The van der Waals surface area contributed by atoms with Gasteiger partial charge >= 0.3 is 0 Å². The molecule has 4 heteroatoms. The first-order chi connectivity index (χ1) is 7.25. The van der Waals surface area contributed by atoms with Crippen LogP contribution in [0.5, 0.6) is 0 Å². The van der Waals surface area contributed by atoms with Crippen molar-refractivity contribution in [3.63, 3.8) is 0 Å². The molecule has 1 saturated heterocycles. The summed E-state index contributed by atoms with van der Waals surface area (Å²) in [6.45, 7) is 5.40. The van der Waals surface area contributed by atoms with Crippen molar-refractivity contribution in [2.75, 3.05) is 20.1 Å². The first-order valence-electron chi connectivity index (χ1n) is 5.66. The molecule has 1 aromatic heterocycles. The molecule has 1 unspecified atom stereocenters. The van der Waals surface area contributed by atoms with Gasteiger partial charge in [-0.05, 0) is 33.4 Å². The molecule has 1 aromatic rings. The lowest BCUT2D eigenvalue weighted by atomic mass is 10.1. The molecule has 1 fully saturated rings. The van der Waals surface area contributed by atoms with E-state index in [9.17, 15) is 0 Å². The van der Waals surface area contributed by atoms with Crippen molar-refractivity contribution in [3.8, 4) is 0 Å². The third kappa shape index (κ3) is 2.79. The second-order valence-corrected chi connectivity index (χ2v) is 4.50. The van der Waals surface area contributed by atoms with Gasteiger partial charge in [-0.3, -0.25) is 5.10 Å². The van der Waals surface area contributed by atoms with E-state index in [4.69, 9.17) is 0 Å². The zero-order chi connectivity index (χ0) is 10.7. The van der Waals surface area contributed by atoms with Crippen LogP contribution in [-0.4, -0.2) is 41.3 Å². The first kappa shape index (κ1) is 10.6. The summed E-state index contributed by atoms with van der Waals surface area (Å²) in [7, 11) is 2.19. The van der Waals surface area contributed by atoms with E-state index in [1.165, 1.54) is 30.6 Å². The lowest BCUT2D eigenvalue weighted by molar-refractivity contribution is 0.226. The number of hydrogen-bond donors (Lipinski definition) is 2. The van der Waals surface area contributed by atoms with Gasteiger partial charge in [0, 0.05) is 30.4 Å². The highest BCUT2D eigenvalue weighted by molar-refractivity contribution is 5.13. The van der Waals surface area contributed by atoms with Gasteiger partial charge in [-0.25, -0.2) is 0 Å². The Balaban J connectivity index is 1.80. The Hall–Kier alpha value is -0.870. The third-order valence-electron chi connectivity index (χ3n) is 3.14. The van der Waals surface area contributed by atoms with Gasteiger partial charge in [0.15, 0.2) is 0 Å². The van der Waals surface area contributed by atoms with Crippen molar-refractivity contribution in [3.05, 3.63) is 17.5 Å². The van der Waals surface area contributed by atoms with Gasteiger partial charge in [0.2, 0.25) is 0 Å². The number of aromatic amines is 1. The molecule has 2 rings (SSSR count). The molecular formula is C11H20N4. The first-order valence-corrected chi connectivity index (χ1v) is 5.66. The van der Waals surface area contributed by atoms with Gasteiger partial charge in [-0.15, -0.1) is 0 Å². The molecule has 0 saturated carbocycles. The van der Waals surface area contributed by atoms with Gasteiger partial charge in [0.1, 0.15) is 0 Å². The van der Waals surface area contributed by atoms with Crippen LogP contribution in [0.25, 0.3) is 0 Å². The van der Waals surface area contributed by atoms with Crippen molar-refractivity contribution in [2.24, 2.45) is 0 Å². The van der Waals surface area contributed by atoms with Crippen molar-refractivity contribution < 1.29 is 0 Å². The second kappa shape index (κ2) is 4.77. The van der Waals surface area contributed by atoms with E-state index >= 15 is 0 Å². The van der Waals surface area contributed by atoms with E-state index in [1.54, 1.807) is 0 Å². The van der Waals surface area contributed by atoms with Crippen LogP contribution in [0.1, 0.15) is 24.1 Å². The van der Waals surface area contributed by atoms with Crippen LogP contribution in [0.15, 0.2) is 6.20 Å². The standard InChI is InChI=1S/C11H20N4/c1-9-10(7-13-14-9)6-12-11-4-3-5-15(2)8-11/h7,11-12H,3-6,8H2,1-2H3,(H,13,14). The molecule has 1 atom stereocenters. The zero-order valence-electron chi connectivity index (χ0n) is 9.58. The number of nitrogens with zero attached hydrogens (tertiary/aromatic N) is 2. The SMILES string of the molecule is Cc1[nH]ncc1CNC1CCCN(C)C1. The number of nitrogens with one attached hydrogen (secondary N) is 2. The monoisotopic (exact) mass is 208 g/mol. The summed E-state index contributed by atoms with van der Waals surface area (Å²) in [4.78, 5) is 2.39. The number of H-pyrrole nitrogens is 1. The van der Waals surface area contributed by atoms with Crippen LogP contribution in [-0.2, 0) is 6.54 Å². The number of hydrogen-bond acceptors (Lipinski definition) is 3. The highest BCUT2D eigenvalue weighted by Gasteiger charge is 2.16. The molecule has 0 spiro atoms. The van der Waals surface area contributed by atoms with Crippen molar-refractivity contribution in [2.45, 2.75) is 32.4 Å².